The van der Waals surface area contributed by atoms with Crippen molar-refractivity contribution in [2.24, 2.45) is 0 Å². The Kier molecular flexibility index (Phi) is 5.25. The molecule has 0 bridgehead atoms. The van der Waals surface area contributed by atoms with Crippen LogP contribution in [0.1, 0.15) is 58.6 Å². The van der Waals surface area contributed by atoms with Crippen LogP contribution in [-0.4, -0.2) is 47.8 Å². The Morgan fingerprint density at radius 1 is 1.33 bits per heavy atom. The van der Waals surface area contributed by atoms with E-state index >= 15 is 0 Å². The van der Waals surface area contributed by atoms with Gasteiger partial charge in [-0.05, 0) is 38.6 Å². The molecule has 0 aliphatic carbocycles. The first-order valence-corrected chi connectivity index (χ1v) is 9.07. The van der Waals surface area contributed by atoms with Gasteiger partial charge in [-0.1, -0.05) is 25.9 Å². The van der Waals surface area contributed by atoms with Crippen LogP contribution in [0.25, 0.3) is 0 Å². The summed E-state index contributed by atoms with van der Waals surface area (Å²) >= 11 is 0. The molecule has 2 aliphatic heterocycles. The molecule has 0 radical (unpaired) electrons. The molecule has 3 heterocycles. The summed E-state index contributed by atoms with van der Waals surface area (Å²) in [6, 6.07) is 1.72. The molecule has 2 aliphatic rings. The van der Waals surface area contributed by atoms with Crippen molar-refractivity contribution in [1.29, 1.82) is 0 Å². The number of hydrogen-bond donors (Lipinski definition) is 1. The lowest BCUT2D eigenvalue weighted by Gasteiger charge is -2.30. The van der Waals surface area contributed by atoms with E-state index in [4.69, 9.17) is 9.26 Å². The molecule has 1 N–H and O–H groups in total. The van der Waals surface area contributed by atoms with Crippen LogP contribution in [0.5, 0.6) is 0 Å². The highest BCUT2D eigenvalue weighted by molar-refractivity contribution is 5.93. The van der Waals surface area contributed by atoms with E-state index in [9.17, 15) is 4.79 Å². The normalized spacial score (nSPS) is 25.8. The van der Waals surface area contributed by atoms with Gasteiger partial charge >= 0.3 is 0 Å². The van der Waals surface area contributed by atoms with Crippen LogP contribution >= 0.6 is 0 Å². The van der Waals surface area contributed by atoms with E-state index in [1.807, 2.05) is 6.07 Å². The maximum absolute atomic E-state index is 12.6. The summed E-state index contributed by atoms with van der Waals surface area (Å²) in [5, 5.41) is 6.95. The number of anilines is 1. The Morgan fingerprint density at radius 3 is 2.83 bits per heavy atom. The second-order valence-corrected chi connectivity index (χ2v) is 7.96. The van der Waals surface area contributed by atoms with Gasteiger partial charge in [0.15, 0.2) is 0 Å². The summed E-state index contributed by atoms with van der Waals surface area (Å²) in [6.07, 6.45) is 5.69. The quantitative estimate of drug-likeness (QED) is 0.916. The van der Waals surface area contributed by atoms with Gasteiger partial charge in [-0.2, -0.15) is 0 Å². The van der Waals surface area contributed by atoms with Crippen LogP contribution in [0.15, 0.2) is 10.6 Å². The fourth-order valence-corrected chi connectivity index (χ4v) is 3.45. The molecule has 0 saturated carbocycles. The van der Waals surface area contributed by atoms with Gasteiger partial charge in [0, 0.05) is 24.6 Å². The third kappa shape index (κ3) is 4.16. The predicted molar refractivity (Wildman–Crippen MR) is 92.0 cm³/mol. The van der Waals surface area contributed by atoms with Crippen molar-refractivity contribution in [2.75, 3.05) is 25.0 Å². The van der Waals surface area contributed by atoms with Crippen LogP contribution < -0.4 is 5.32 Å². The van der Waals surface area contributed by atoms with Crippen LogP contribution in [0.4, 0.5) is 5.88 Å². The number of carbonyl (C=O) groups is 1. The Bertz CT molecular complexity index is 558. The highest BCUT2D eigenvalue weighted by Gasteiger charge is 2.33. The van der Waals surface area contributed by atoms with E-state index in [1.54, 1.807) is 0 Å². The van der Waals surface area contributed by atoms with Gasteiger partial charge < -0.3 is 9.26 Å². The summed E-state index contributed by atoms with van der Waals surface area (Å²) in [5.41, 5.74) is 0.751. The topological polar surface area (TPSA) is 67.6 Å². The first-order chi connectivity index (χ1) is 11.4. The Morgan fingerprint density at radius 2 is 2.17 bits per heavy atom. The molecule has 2 fully saturated rings. The van der Waals surface area contributed by atoms with Crippen molar-refractivity contribution in [3.63, 3.8) is 0 Å². The number of amides is 1. The minimum atomic E-state index is -0.0984. The van der Waals surface area contributed by atoms with Gasteiger partial charge in [-0.15, -0.1) is 0 Å². The summed E-state index contributed by atoms with van der Waals surface area (Å²) in [7, 11) is 0. The fourth-order valence-electron chi connectivity index (χ4n) is 3.45. The second kappa shape index (κ2) is 7.23. The van der Waals surface area contributed by atoms with Crippen LogP contribution in [0.3, 0.4) is 0 Å². The first kappa shape index (κ1) is 17.4. The number of likely N-dealkylation sites (tertiary alicyclic amines) is 1. The number of nitrogens with zero attached hydrogens (tertiary/aromatic N) is 2. The minimum absolute atomic E-state index is 0.0000753. The van der Waals surface area contributed by atoms with Gasteiger partial charge in [-0.25, -0.2) is 0 Å². The molecule has 0 aromatic carbocycles. The molecule has 1 aromatic heterocycles. The monoisotopic (exact) mass is 335 g/mol. The van der Waals surface area contributed by atoms with Gasteiger partial charge in [0.2, 0.25) is 11.8 Å². The number of hydrogen-bond acceptors (Lipinski definition) is 5. The lowest BCUT2D eigenvalue weighted by atomic mass is 9.92. The molecule has 6 nitrogen and oxygen atoms in total. The van der Waals surface area contributed by atoms with E-state index in [0.29, 0.717) is 5.88 Å². The van der Waals surface area contributed by atoms with Gasteiger partial charge in [-0.3, -0.25) is 15.0 Å². The highest BCUT2D eigenvalue weighted by atomic mass is 16.5. The molecule has 0 spiro atoms. The summed E-state index contributed by atoms with van der Waals surface area (Å²) in [6.45, 7) is 8.87. The van der Waals surface area contributed by atoms with Crippen LogP contribution in [0.2, 0.25) is 0 Å². The SMILES string of the molecule is CC(C)(C)c1cc(NC(=O)[C@@H]2CCCN2CC2CCCCO2)on1. The van der Waals surface area contributed by atoms with Crippen LogP contribution in [0, 0.1) is 0 Å². The lowest BCUT2D eigenvalue weighted by molar-refractivity contribution is -0.121. The number of nitrogens with one attached hydrogen (secondary N) is 1. The molecule has 1 aromatic rings. The molecular formula is C18H29N3O3. The summed E-state index contributed by atoms with van der Waals surface area (Å²) in [5.74, 6) is 0.436. The Labute approximate surface area is 143 Å². The van der Waals surface area contributed by atoms with Crippen molar-refractivity contribution in [3.8, 4) is 0 Å². The predicted octanol–water partition coefficient (Wildman–Crippen LogP) is 2.94. The molecule has 2 atom stereocenters. The molecule has 24 heavy (non-hydrogen) atoms. The van der Waals surface area contributed by atoms with Gasteiger partial charge in [0.1, 0.15) is 0 Å². The molecular weight excluding hydrogens is 306 g/mol. The van der Waals surface area contributed by atoms with E-state index in [2.05, 4.69) is 36.1 Å². The second-order valence-electron chi connectivity index (χ2n) is 7.96. The summed E-state index contributed by atoms with van der Waals surface area (Å²) in [4.78, 5) is 14.9. The molecule has 1 unspecified atom stereocenters. The van der Waals surface area contributed by atoms with Crippen molar-refractivity contribution in [3.05, 3.63) is 11.8 Å². The third-order valence-electron chi connectivity index (χ3n) is 4.90. The van der Waals surface area contributed by atoms with E-state index in [-0.39, 0.29) is 23.5 Å². The largest absolute Gasteiger partial charge is 0.377 e. The van der Waals surface area contributed by atoms with Crippen LogP contribution in [-0.2, 0) is 14.9 Å². The minimum Gasteiger partial charge on any atom is -0.377 e. The Hall–Kier alpha value is -1.40. The molecule has 6 heteroatoms. The van der Waals surface area contributed by atoms with Crippen molar-refractivity contribution >= 4 is 11.8 Å². The highest BCUT2D eigenvalue weighted by Crippen LogP contribution is 2.25. The average molecular weight is 335 g/mol. The molecule has 3 rings (SSSR count). The van der Waals surface area contributed by atoms with Gasteiger partial charge in [0.25, 0.3) is 0 Å². The number of ether oxygens (including phenoxy) is 1. The number of rotatable bonds is 4. The standard InChI is InChI=1S/C18H29N3O3/c1-18(2,3)15-11-16(24-20-15)19-17(22)14-8-6-9-21(14)12-13-7-4-5-10-23-13/h11,13-14H,4-10,12H2,1-3H3,(H,19,22)/t13?,14-/m0/s1. The average Bonchev–Trinajstić information content (AvgIpc) is 3.17. The zero-order valence-corrected chi connectivity index (χ0v) is 15.0. The maximum Gasteiger partial charge on any atom is 0.244 e. The van der Waals surface area contributed by atoms with Crippen molar-refractivity contribution in [1.82, 2.24) is 10.1 Å². The zero-order chi connectivity index (χ0) is 17.2. The number of aromatic nitrogens is 1. The zero-order valence-electron chi connectivity index (χ0n) is 15.0. The fraction of sp³-hybridized carbons (Fsp3) is 0.778. The van der Waals surface area contributed by atoms with Gasteiger partial charge in [0.05, 0.1) is 17.8 Å². The third-order valence-corrected chi connectivity index (χ3v) is 4.90. The Balaban J connectivity index is 1.58. The smallest absolute Gasteiger partial charge is 0.244 e. The molecule has 2 saturated heterocycles. The first-order valence-electron chi connectivity index (χ1n) is 9.07. The van der Waals surface area contributed by atoms with Crippen molar-refractivity contribution in [2.45, 2.75) is 70.4 Å². The number of carbonyl (C=O) groups excluding carboxylic acids is 1. The van der Waals surface area contributed by atoms with Crippen molar-refractivity contribution < 1.29 is 14.1 Å². The maximum atomic E-state index is 12.6. The molecule has 1 amide bonds. The van der Waals surface area contributed by atoms with E-state index in [0.717, 1.165) is 51.1 Å². The van der Waals surface area contributed by atoms with E-state index in [1.165, 1.54) is 6.42 Å². The lowest BCUT2D eigenvalue weighted by Crippen LogP contribution is -2.44. The molecule has 134 valence electrons. The summed E-state index contributed by atoms with van der Waals surface area (Å²) < 4.78 is 11.1. The van der Waals surface area contributed by atoms with E-state index < -0.39 is 0 Å².